The lowest BCUT2D eigenvalue weighted by molar-refractivity contribution is 0.592. The summed E-state index contributed by atoms with van der Waals surface area (Å²) in [4.78, 5) is 0. The average Bonchev–Trinajstić information content (AvgIpc) is 2.24. The van der Waals surface area contributed by atoms with E-state index in [0.717, 1.165) is 6.54 Å². The maximum atomic E-state index is 5.57. The number of alkyl halides is 1. The highest BCUT2D eigenvalue weighted by Crippen LogP contribution is 2.28. The van der Waals surface area contributed by atoms with Crippen LogP contribution in [0, 0.1) is 0 Å². The molecule has 0 aromatic heterocycles. The van der Waals surface area contributed by atoms with Crippen molar-refractivity contribution in [1.82, 2.24) is 0 Å². The van der Waals surface area contributed by atoms with E-state index in [0.29, 0.717) is 5.88 Å². The third-order valence-electron chi connectivity index (χ3n) is 2.40. The summed E-state index contributed by atoms with van der Waals surface area (Å²) in [6, 6.07) is 8.44. The van der Waals surface area contributed by atoms with Crippen LogP contribution in [0.4, 0.5) is 5.69 Å². The van der Waals surface area contributed by atoms with Crippen LogP contribution < -0.4 is 5.32 Å². The van der Waals surface area contributed by atoms with E-state index in [1.807, 2.05) is 12.2 Å². The molecule has 0 unspecified atom stereocenters. The zero-order valence-electron chi connectivity index (χ0n) is 10.3. The first-order chi connectivity index (χ1) is 7.55. The molecule has 0 saturated carbocycles. The minimum Gasteiger partial charge on any atom is -0.381 e. The van der Waals surface area contributed by atoms with Gasteiger partial charge in [0.25, 0.3) is 0 Å². The minimum atomic E-state index is 0.166. The molecule has 1 N–H and O–H groups in total. The quantitative estimate of drug-likeness (QED) is 0.612. The van der Waals surface area contributed by atoms with Crippen LogP contribution in [0.3, 0.4) is 0 Å². The van der Waals surface area contributed by atoms with Gasteiger partial charge in [0, 0.05) is 18.1 Å². The molecule has 1 aromatic rings. The molecule has 88 valence electrons. The molecule has 0 saturated heterocycles. The molecule has 0 atom stereocenters. The van der Waals surface area contributed by atoms with Gasteiger partial charge in [0.2, 0.25) is 0 Å². The van der Waals surface area contributed by atoms with Gasteiger partial charge < -0.3 is 5.32 Å². The summed E-state index contributed by atoms with van der Waals surface area (Å²) in [6.07, 6.45) is 4.00. The second-order valence-corrected chi connectivity index (χ2v) is 5.11. The predicted octanol–water partition coefficient (Wildman–Crippen LogP) is 4.19. The SMILES string of the molecule is CC(C)(C)c1ccccc1NC/C=C/CCl. The van der Waals surface area contributed by atoms with Gasteiger partial charge in [-0.15, -0.1) is 11.6 Å². The number of nitrogens with one attached hydrogen (secondary N) is 1. The maximum Gasteiger partial charge on any atom is 0.0404 e. The standard InChI is InChI=1S/C14H20ClN/c1-14(2,3)12-8-4-5-9-13(12)16-11-7-6-10-15/h4-9,16H,10-11H2,1-3H3/b7-6+. The molecule has 16 heavy (non-hydrogen) atoms. The first-order valence-electron chi connectivity index (χ1n) is 5.60. The molecule has 1 rings (SSSR count). The van der Waals surface area contributed by atoms with Crippen molar-refractivity contribution in [3.05, 3.63) is 42.0 Å². The molecule has 0 aliphatic rings. The highest BCUT2D eigenvalue weighted by Gasteiger charge is 2.16. The van der Waals surface area contributed by atoms with Crippen LogP contribution in [0.25, 0.3) is 0 Å². The second-order valence-electron chi connectivity index (χ2n) is 4.80. The molecule has 0 spiro atoms. The molecule has 0 amide bonds. The van der Waals surface area contributed by atoms with Gasteiger partial charge in [-0.05, 0) is 17.0 Å². The van der Waals surface area contributed by atoms with Crippen LogP contribution >= 0.6 is 11.6 Å². The molecule has 0 aliphatic carbocycles. The Bertz CT molecular complexity index is 350. The average molecular weight is 238 g/mol. The third kappa shape index (κ3) is 3.90. The molecule has 1 aromatic carbocycles. The largest absolute Gasteiger partial charge is 0.381 e. The fourth-order valence-corrected chi connectivity index (χ4v) is 1.73. The van der Waals surface area contributed by atoms with Gasteiger partial charge in [0.05, 0.1) is 0 Å². The van der Waals surface area contributed by atoms with Gasteiger partial charge >= 0.3 is 0 Å². The number of rotatable bonds is 4. The summed E-state index contributed by atoms with van der Waals surface area (Å²) in [5.74, 6) is 0.572. The van der Waals surface area contributed by atoms with Crippen molar-refractivity contribution in [2.24, 2.45) is 0 Å². The molecule has 0 heterocycles. The van der Waals surface area contributed by atoms with E-state index in [1.165, 1.54) is 11.3 Å². The molecule has 0 bridgehead atoms. The summed E-state index contributed by atoms with van der Waals surface area (Å²) < 4.78 is 0. The lowest BCUT2D eigenvalue weighted by atomic mass is 9.86. The number of hydrogen-bond donors (Lipinski definition) is 1. The van der Waals surface area contributed by atoms with Gasteiger partial charge in [0.1, 0.15) is 0 Å². The summed E-state index contributed by atoms with van der Waals surface area (Å²) in [7, 11) is 0. The first-order valence-corrected chi connectivity index (χ1v) is 6.13. The number of halogens is 1. The van der Waals surface area contributed by atoms with Crippen LogP contribution in [0.5, 0.6) is 0 Å². The van der Waals surface area contributed by atoms with E-state index in [-0.39, 0.29) is 5.41 Å². The minimum absolute atomic E-state index is 0.166. The van der Waals surface area contributed by atoms with Crippen LogP contribution in [-0.4, -0.2) is 12.4 Å². The Morgan fingerprint density at radius 3 is 2.50 bits per heavy atom. The van der Waals surface area contributed by atoms with Gasteiger partial charge in [0.15, 0.2) is 0 Å². The maximum absolute atomic E-state index is 5.57. The van der Waals surface area contributed by atoms with Crippen molar-refractivity contribution in [1.29, 1.82) is 0 Å². The first kappa shape index (κ1) is 13.1. The Kier molecular flexibility index (Phi) is 4.88. The molecular formula is C14H20ClN. The Balaban J connectivity index is 2.76. The molecular weight excluding hydrogens is 218 g/mol. The third-order valence-corrected chi connectivity index (χ3v) is 2.58. The zero-order chi connectivity index (χ0) is 12.0. The smallest absolute Gasteiger partial charge is 0.0404 e. The van der Waals surface area contributed by atoms with Crippen molar-refractivity contribution >= 4 is 17.3 Å². The van der Waals surface area contributed by atoms with Crippen molar-refractivity contribution in [2.75, 3.05) is 17.7 Å². The van der Waals surface area contributed by atoms with Gasteiger partial charge in [-0.25, -0.2) is 0 Å². The topological polar surface area (TPSA) is 12.0 Å². The van der Waals surface area contributed by atoms with Gasteiger partial charge in [-0.3, -0.25) is 0 Å². The van der Waals surface area contributed by atoms with Crippen LogP contribution in [0.2, 0.25) is 0 Å². The van der Waals surface area contributed by atoms with Gasteiger partial charge in [-0.2, -0.15) is 0 Å². The lowest BCUT2D eigenvalue weighted by Gasteiger charge is -2.23. The number of benzene rings is 1. The van der Waals surface area contributed by atoms with Crippen molar-refractivity contribution in [2.45, 2.75) is 26.2 Å². The van der Waals surface area contributed by atoms with E-state index in [9.17, 15) is 0 Å². The normalized spacial score (nSPS) is 12.0. The fourth-order valence-electron chi connectivity index (χ4n) is 1.61. The van der Waals surface area contributed by atoms with E-state index < -0.39 is 0 Å². The van der Waals surface area contributed by atoms with Crippen molar-refractivity contribution in [3.8, 4) is 0 Å². The predicted molar refractivity (Wildman–Crippen MR) is 73.5 cm³/mol. The summed E-state index contributed by atoms with van der Waals surface area (Å²) in [6.45, 7) is 7.49. The highest BCUT2D eigenvalue weighted by atomic mass is 35.5. The van der Waals surface area contributed by atoms with Crippen LogP contribution in [0.15, 0.2) is 36.4 Å². The summed E-state index contributed by atoms with van der Waals surface area (Å²) >= 11 is 5.57. The van der Waals surface area contributed by atoms with Crippen molar-refractivity contribution in [3.63, 3.8) is 0 Å². The monoisotopic (exact) mass is 237 g/mol. The summed E-state index contributed by atoms with van der Waals surface area (Å²) in [5, 5.41) is 3.41. The molecule has 1 nitrogen and oxygen atoms in total. The van der Waals surface area contributed by atoms with Crippen LogP contribution in [-0.2, 0) is 5.41 Å². The lowest BCUT2D eigenvalue weighted by Crippen LogP contribution is -2.14. The number of hydrogen-bond acceptors (Lipinski definition) is 1. The van der Waals surface area contributed by atoms with E-state index in [4.69, 9.17) is 11.6 Å². The van der Waals surface area contributed by atoms with Crippen LogP contribution in [0.1, 0.15) is 26.3 Å². The zero-order valence-corrected chi connectivity index (χ0v) is 11.0. The summed E-state index contributed by atoms with van der Waals surface area (Å²) in [5.41, 5.74) is 2.71. The number of para-hydroxylation sites is 1. The van der Waals surface area contributed by atoms with Gasteiger partial charge in [-0.1, -0.05) is 51.1 Å². The number of allylic oxidation sites excluding steroid dienone is 1. The number of anilines is 1. The fraction of sp³-hybridized carbons (Fsp3) is 0.429. The Morgan fingerprint density at radius 2 is 1.88 bits per heavy atom. The molecule has 0 fully saturated rings. The molecule has 0 aliphatic heterocycles. The Labute approximate surface area is 104 Å². The molecule has 2 heteroatoms. The Hall–Kier alpha value is -0.950. The Morgan fingerprint density at radius 1 is 1.19 bits per heavy atom. The molecule has 0 radical (unpaired) electrons. The van der Waals surface area contributed by atoms with E-state index in [1.54, 1.807) is 0 Å². The van der Waals surface area contributed by atoms with E-state index >= 15 is 0 Å². The van der Waals surface area contributed by atoms with Crippen molar-refractivity contribution < 1.29 is 0 Å². The second kappa shape index (κ2) is 5.95. The van der Waals surface area contributed by atoms with E-state index in [2.05, 4.69) is 50.4 Å². The highest BCUT2D eigenvalue weighted by molar-refractivity contribution is 6.18.